The third-order valence-corrected chi connectivity index (χ3v) is 2.20. The molecule has 14 heavy (non-hydrogen) atoms. The third kappa shape index (κ3) is 3.00. The number of aromatic nitrogens is 2. The second kappa shape index (κ2) is 5.60. The first kappa shape index (κ1) is 11.0. The topological polar surface area (TPSA) is 29.9 Å². The van der Waals surface area contributed by atoms with E-state index in [1.807, 2.05) is 17.0 Å². The lowest BCUT2D eigenvalue weighted by Crippen LogP contribution is -2.24. The molecule has 0 saturated carbocycles. The van der Waals surface area contributed by atoms with Gasteiger partial charge < -0.3 is 5.32 Å². The van der Waals surface area contributed by atoms with Crippen molar-refractivity contribution in [1.29, 1.82) is 0 Å². The SMILES string of the molecule is C=CC(C)NCc1ccnn1CCC. The first-order valence-corrected chi connectivity index (χ1v) is 5.14. The summed E-state index contributed by atoms with van der Waals surface area (Å²) in [7, 11) is 0. The fourth-order valence-corrected chi connectivity index (χ4v) is 1.27. The van der Waals surface area contributed by atoms with E-state index in [0.717, 1.165) is 19.5 Å². The van der Waals surface area contributed by atoms with Gasteiger partial charge in [0.1, 0.15) is 0 Å². The van der Waals surface area contributed by atoms with E-state index in [4.69, 9.17) is 0 Å². The standard InChI is InChI=1S/C11H19N3/c1-4-8-14-11(6-7-13-14)9-12-10(3)5-2/h5-7,10,12H,2,4,8-9H2,1,3H3. The molecule has 1 aromatic rings. The quantitative estimate of drug-likeness (QED) is 0.700. The maximum atomic E-state index is 4.26. The fraction of sp³-hybridized carbons (Fsp3) is 0.545. The van der Waals surface area contributed by atoms with Crippen LogP contribution in [0.15, 0.2) is 24.9 Å². The molecule has 0 spiro atoms. The van der Waals surface area contributed by atoms with E-state index >= 15 is 0 Å². The van der Waals surface area contributed by atoms with E-state index in [1.54, 1.807) is 0 Å². The van der Waals surface area contributed by atoms with Gasteiger partial charge in [0.25, 0.3) is 0 Å². The summed E-state index contributed by atoms with van der Waals surface area (Å²) in [6.45, 7) is 9.83. The van der Waals surface area contributed by atoms with Crippen molar-refractivity contribution in [2.75, 3.05) is 0 Å². The second-order valence-electron chi connectivity index (χ2n) is 3.45. The van der Waals surface area contributed by atoms with Crippen LogP contribution >= 0.6 is 0 Å². The van der Waals surface area contributed by atoms with Crippen molar-refractivity contribution >= 4 is 0 Å². The van der Waals surface area contributed by atoms with Crippen LogP contribution in [0.5, 0.6) is 0 Å². The van der Waals surface area contributed by atoms with Crippen molar-refractivity contribution in [3.8, 4) is 0 Å². The van der Waals surface area contributed by atoms with Gasteiger partial charge in [-0.1, -0.05) is 13.0 Å². The highest BCUT2D eigenvalue weighted by Crippen LogP contribution is 2.00. The van der Waals surface area contributed by atoms with Gasteiger partial charge in [-0.15, -0.1) is 6.58 Å². The van der Waals surface area contributed by atoms with E-state index in [9.17, 15) is 0 Å². The Labute approximate surface area is 85.8 Å². The molecule has 0 aliphatic rings. The van der Waals surface area contributed by atoms with E-state index in [1.165, 1.54) is 5.69 Å². The Morgan fingerprint density at radius 3 is 3.14 bits per heavy atom. The molecule has 0 aliphatic carbocycles. The van der Waals surface area contributed by atoms with Crippen molar-refractivity contribution in [3.05, 3.63) is 30.6 Å². The number of nitrogens with zero attached hydrogens (tertiary/aromatic N) is 2. The number of aryl methyl sites for hydroxylation is 1. The average molecular weight is 193 g/mol. The van der Waals surface area contributed by atoms with Crippen LogP contribution in [0.1, 0.15) is 26.0 Å². The lowest BCUT2D eigenvalue weighted by atomic mass is 10.3. The second-order valence-corrected chi connectivity index (χ2v) is 3.45. The zero-order chi connectivity index (χ0) is 10.4. The third-order valence-electron chi connectivity index (χ3n) is 2.20. The highest BCUT2D eigenvalue weighted by atomic mass is 15.3. The molecular weight excluding hydrogens is 174 g/mol. The summed E-state index contributed by atoms with van der Waals surface area (Å²) in [5.74, 6) is 0. The molecule has 78 valence electrons. The number of hydrogen-bond acceptors (Lipinski definition) is 2. The van der Waals surface area contributed by atoms with Crippen LogP contribution in [-0.4, -0.2) is 15.8 Å². The molecule has 0 aromatic carbocycles. The van der Waals surface area contributed by atoms with Gasteiger partial charge >= 0.3 is 0 Å². The van der Waals surface area contributed by atoms with Crippen molar-refractivity contribution in [1.82, 2.24) is 15.1 Å². The molecule has 0 aliphatic heterocycles. The fourth-order valence-electron chi connectivity index (χ4n) is 1.27. The summed E-state index contributed by atoms with van der Waals surface area (Å²) >= 11 is 0. The van der Waals surface area contributed by atoms with Crippen LogP contribution in [0.4, 0.5) is 0 Å². The highest BCUT2D eigenvalue weighted by molar-refractivity contribution is 5.01. The minimum absolute atomic E-state index is 0.347. The predicted octanol–water partition coefficient (Wildman–Crippen LogP) is 1.96. The molecule has 0 fully saturated rings. The van der Waals surface area contributed by atoms with Gasteiger partial charge in [-0.05, 0) is 19.4 Å². The lowest BCUT2D eigenvalue weighted by molar-refractivity contribution is 0.538. The Balaban J connectivity index is 2.48. The zero-order valence-electron chi connectivity index (χ0n) is 9.03. The molecule has 0 radical (unpaired) electrons. The Morgan fingerprint density at radius 1 is 1.71 bits per heavy atom. The first-order valence-electron chi connectivity index (χ1n) is 5.14. The van der Waals surface area contributed by atoms with Gasteiger partial charge in [-0.25, -0.2) is 0 Å². The van der Waals surface area contributed by atoms with Crippen LogP contribution in [0.25, 0.3) is 0 Å². The van der Waals surface area contributed by atoms with Gasteiger partial charge in [0, 0.05) is 25.3 Å². The smallest absolute Gasteiger partial charge is 0.0522 e. The van der Waals surface area contributed by atoms with Crippen LogP contribution in [-0.2, 0) is 13.1 Å². The van der Waals surface area contributed by atoms with Crippen LogP contribution in [0, 0.1) is 0 Å². The number of hydrogen-bond donors (Lipinski definition) is 1. The maximum absolute atomic E-state index is 4.26. The predicted molar refractivity (Wildman–Crippen MR) is 59.0 cm³/mol. The van der Waals surface area contributed by atoms with E-state index in [-0.39, 0.29) is 0 Å². The van der Waals surface area contributed by atoms with Crippen LogP contribution < -0.4 is 5.32 Å². The summed E-state index contributed by atoms with van der Waals surface area (Å²) in [6, 6.07) is 2.40. The molecule has 1 heterocycles. The first-order chi connectivity index (χ1) is 6.77. The minimum Gasteiger partial charge on any atom is -0.305 e. The van der Waals surface area contributed by atoms with Crippen molar-refractivity contribution in [2.24, 2.45) is 0 Å². The zero-order valence-corrected chi connectivity index (χ0v) is 9.03. The molecule has 0 saturated heterocycles. The molecule has 1 aromatic heterocycles. The van der Waals surface area contributed by atoms with E-state index in [2.05, 4.69) is 36.9 Å². The number of rotatable bonds is 6. The van der Waals surface area contributed by atoms with Crippen LogP contribution in [0.2, 0.25) is 0 Å². The van der Waals surface area contributed by atoms with Gasteiger partial charge in [0.15, 0.2) is 0 Å². The summed E-state index contributed by atoms with van der Waals surface area (Å²) < 4.78 is 2.04. The lowest BCUT2D eigenvalue weighted by Gasteiger charge is -2.10. The van der Waals surface area contributed by atoms with Gasteiger partial charge in [-0.2, -0.15) is 5.10 Å². The summed E-state index contributed by atoms with van der Waals surface area (Å²) in [5, 5.41) is 7.62. The summed E-state index contributed by atoms with van der Waals surface area (Å²) in [6.07, 6.45) is 4.87. The molecule has 0 amide bonds. The molecule has 1 unspecified atom stereocenters. The van der Waals surface area contributed by atoms with Gasteiger partial charge in [0.05, 0.1) is 5.69 Å². The Morgan fingerprint density at radius 2 is 2.50 bits per heavy atom. The number of nitrogens with one attached hydrogen (secondary N) is 1. The average Bonchev–Trinajstić information content (AvgIpc) is 2.62. The van der Waals surface area contributed by atoms with Crippen molar-refractivity contribution in [2.45, 2.75) is 39.4 Å². The summed E-state index contributed by atoms with van der Waals surface area (Å²) in [5.41, 5.74) is 1.24. The largest absolute Gasteiger partial charge is 0.305 e. The van der Waals surface area contributed by atoms with Crippen molar-refractivity contribution < 1.29 is 0 Å². The maximum Gasteiger partial charge on any atom is 0.0522 e. The molecule has 3 heteroatoms. The highest BCUT2D eigenvalue weighted by Gasteiger charge is 2.02. The Hall–Kier alpha value is -1.09. The summed E-state index contributed by atoms with van der Waals surface area (Å²) in [4.78, 5) is 0. The molecule has 1 N–H and O–H groups in total. The molecule has 1 atom stereocenters. The van der Waals surface area contributed by atoms with Gasteiger partial charge in [0.2, 0.25) is 0 Å². The minimum atomic E-state index is 0.347. The molecule has 3 nitrogen and oxygen atoms in total. The molecular formula is C11H19N3. The van der Waals surface area contributed by atoms with Gasteiger partial charge in [-0.3, -0.25) is 4.68 Å². The monoisotopic (exact) mass is 193 g/mol. The van der Waals surface area contributed by atoms with Crippen molar-refractivity contribution in [3.63, 3.8) is 0 Å². The van der Waals surface area contributed by atoms with E-state index < -0.39 is 0 Å². The molecule has 0 bridgehead atoms. The van der Waals surface area contributed by atoms with E-state index in [0.29, 0.717) is 6.04 Å². The Bertz CT molecular complexity index is 278. The normalized spacial score (nSPS) is 12.7. The Kier molecular flexibility index (Phi) is 4.40. The van der Waals surface area contributed by atoms with Crippen LogP contribution in [0.3, 0.4) is 0 Å². The molecule has 1 rings (SSSR count).